The second-order valence-electron chi connectivity index (χ2n) is 9.66. The number of carbonyl (C=O) groups excluding carboxylic acids is 1. The fraction of sp³-hybridized carbons (Fsp3) is 0.500. The van der Waals surface area contributed by atoms with Gasteiger partial charge in [0.15, 0.2) is 12.4 Å². The number of hydrogen-bond donors (Lipinski definition) is 1. The van der Waals surface area contributed by atoms with Crippen LogP contribution in [0.3, 0.4) is 0 Å². The van der Waals surface area contributed by atoms with Gasteiger partial charge in [-0.1, -0.05) is 0 Å². The highest BCUT2D eigenvalue weighted by atomic mass is 79.9. The first-order chi connectivity index (χ1) is 18.4. The first-order valence-electron chi connectivity index (χ1n) is 12.8. The Morgan fingerprint density at radius 3 is 2.55 bits per heavy atom. The fourth-order valence-corrected chi connectivity index (χ4v) is 4.84. The van der Waals surface area contributed by atoms with E-state index in [1.165, 1.54) is 4.90 Å². The SMILES string of the molecule is CN(C)C(=O)COc1cnc(N[C@H]2CC[C@@H](Oc3nc(N4CCOCC4)cc4ncc(Br)cc34)CC2)nc1. The highest BCUT2D eigenvalue weighted by molar-refractivity contribution is 9.10. The van der Waals surface area contributed by atoms with Gasteiger partial charge in [-0.2, -0.15) is 4.98 Å². The minimum absolute atomic E-state index is 0.0420. The minimum Gasteiger partial charge on any atom is -0.481 e. The number of carbonyl (C=O) groups is 1. The molecule has 0 radical (unpaired) electrons. The summed E-state index contributed by atoms with van der Waals surface area (Å²) in [6.07, 6.45) is 8.65. The van der Waals surface area contributed by atoms with E-state index in [2.05, 4.69) is 41.1 Å². The lowest BCUT2D eigenvalue weighted by molar-refractivity contribution is -0.130. The number of likely N-dealkylation sites (N-methyl/N-ethyl adjacent to an activating group) is 1. The van der Waals surface area contributed by atoms with Crippen LogP contribution in [0.5, 0.6) is 11.6 Å². The fourth-order valence-electron chi connectivity index (χ4n) is 4.50. The number of halogens is 1. The molecule has 1 amide bonds. The van der Waals surface area contributed by atoms with Crippen molar-refractivity contribution in [2.75, 3.05) is 57.2 Å². The van der Waals surface area contributed by atoms with E-state index in [-0.39, 0.29) is 24.7 Å². The number of amides is 1. The van der Waals surface area contributed by atoms with Gasteiger partial charge < -0.3 is 29.3 Å². The third-order valence-electron chi connectivity index (χ3n) is 6.71. The summed E-state index contributed by atoms with van der Waals surface area (Å²) < 4.78 is 18.3. The lowest BCUT2D eigenvalue weighted by Gasteiger charge is -2.31. The number of morpholine rings is 1. The molecule has 0 spiro atoms. The number of pyridine rings is 2. The molecule has 3 aromatic rings. The van der Waals surface area contributed by atoms with E-state index in [4.69, 9.17) is 19.2 Å². The van der Waals surface area contributed by atoms with Gasteiger partial charge in [0.05, 0.1) is 36.5 Å². The van der Waals surface area contributed by atoms with Crippen molar-refractivity contribution in [3.63, 3.8) is 0 Å². The van der Waals surface area contributed by atoms with Crippen LogP contribution in [0.2, 0.25) is 0 Å². The number of aromatic nitrogens is 4. The number of nitrogens with zero attached hydrogens (tertiary/aromatic N) is 6. The topological polar surface area (TPSA) is 115 Å². The molecule has 3 aromatic heterocycles. The third-order valence-corrected chi connectivity index (χ3v) is 7.14. The van der Waals surface area contributed by atoms with Gasteiger partial charge in [-0.25, -0.2) is 9.97 Å². The van der Waals surface area contributed by atoms with Crippen LogP contribution in [-0.4, -0.2) is 89.9 Å². The average molecular weight is 586 g/mol. The predicted molar refractivity (Wildman–Crippen MR) is 147 cm³/mol. The Labute approximate surface area is 230 Å². The molecular formula is C26H32BrN7O4. The molecule has 2 fully saturated rings. The Hall–Kier alpha value is -3.25. The average Bonchev–Trinajstić information content (AvgIpc) is 2.94. The van der Waals surface area contributed by atoms with Gasteiger partial charge in [0.25, 0.3) is 5.91 Å². The standard InChI is InChI=1S/C26H32BrN7O4/c1-33(2)24(35)16-37-20-14-29-26(30-15-20)31-18-3-5-19(6-4-18)38-25-21-11-17(27)13-28-22(21)12-23(32-25)34-7-9-36-10-8-34/h11-15,18-19H,3-10,16H2,1-2H3,(H,29,30,31)/t18-,19+. The van der Waals surface area contributed by atoms with Crippen LogP contribution in [0, 0.1) is 0 Å². The molecule has 12 heteroatoms. The van der Waals surface area contributed by atoms with Crippen LogP contribution in [0.4, 0.5) is 11.8 Å². The van der Waals surface area contributed by atoms with Crippen LogP contribution >= 0.6 is 15.9 Å². The van der Waals surface area contributed by atoms with Gasteiger partial charge in [-0.15, -0.1) is 0 Å². The molecule has 1 aliphatic carbocycles. The van der Waals surface area contributed by atoms with Gasteiger partial charge in [0.2, 0.25) is 11.8 Å². The lowest BCUT2D eigenvalue weighted by Crippen LogP contribution is -2.37. The van der Waals surface area contributed by atoms with Gasteiger partial charge in [0.1, 0.15) is 11.9 Å². The first-order valence-corrected chi connectivity index (χ1v) is 13.6. The Balaban J connectivity index is 1.18. The largest absolute Gasteiger partial charge is 0.481 e. The van der Waals surface area contributed by atoms with Crippen molar-refractivity contribution in [2.24, 2.45) is 0 Å². The van der Waals surface area contributed by atoms with E-state index in [9.17, 15) is 4.79 Å². The maximum Gasteiger partial charge on any atom is 0.259 e. The third kappa shape index (κ3) is 6.60. The summed E-state index contributed by atoms with van der Waals surface area (Å²) in [4.78, 5) is 33.6. The molecule has 0 bridgehead atoms. The van der Waals surface area contributed by atoms with Gasteiger partial charge in [-0.3, -0.25) is 9.78 Å². The Kier molecular flexibility index (Phi) is 8.38. The van der Waals surface area contributed by atoms with Crippen LogP contribution in [0.1, 0.15) is 25.7 Å². The summed E-state index contributed by atoms with van der Waals surface area (Å²) >= 11 is 3.53. The van der Waals surface area contributed by atoms with Gasteiger partial charge in [-0.05, 0) is 47.7 Å². The van der Waals surface area contributed by atoms with Gasteiger partial charge >= 0.3 is 0 Å². The predicted octanol–water partition coefficient (Wildman–Crippen LogP) is 3.29. The van der Waals surface area contributed by atoms with Crippen LogP contribution in [0.25, 0.3) is 10.9 Å². The Morgan fingerprint density at radius 2 is 1.84 bits per heavy atom. The molecule has 11 nitrogen and oxygen atoms in total. The molecule has 0 unspecified atom stereocenters. The number of ether oxygens (including phenoxy) is 3. The lowest BCUT2D eigenvalue weighted by atomic mass is 9.93. The van der Waals surface area contributed by atoms with Crippen LogP contribution in [0.15, 0.2) is 35.2 Å². The van der Waals surface area contributed by atoms with Crippen molar-refractivity contribution in [3.8, 4) is 11.6 Å². The zero-order valence-corrected chi connectivity index (χ0v) is 23.2. The molecule has 2 aliphatic rings. The van der Waals surface area contributed by atoms with Crippen LogP contribution in [-0.2, 0) is 9.53 Å². The van der Waals surface area contributed by atoms with E-state index >= 15 is 0 Å². The molecule has 5 rings (SSSR count). The van der Waals surface area contributed by atoms with Crippen molar-refractivity contribution in [2.45, 2.75) is 37.8 Å². The molecule has 38 heavy (non-hydrogen) atoms. The summed E-state index contributed by atoms with van der Waals surface area (Å²) in [5, 5.41) is 4.31. The normalized spacial score (nSPS) is 19.7. The Morgan fingerprint density at radius 1 is 1.11 bits per heavy atom. The molecule has 202 valence electrons. The maximum absolute atomic E-state index is 11.7. The van der Waals surface area contributed by atoms with Crippen molar-refractivity contribution in [1.82, 2.24) is 24.8 Å². The molecular weight excluding hydrogens is 554 g/mol. The summed E-state index contributed by atoms with van der Waals surface area (Å²) in [6.45, 7) is 2.94. The van der Waals surface area contributed by atoms with E-state index in [0.29, 0.717) is 30.8 Å². The number of fused-ring (bicyclic) bond motifs is 1. The van der Waals surface area contributed by atoms with E-state index < -0.39 is 0 Å². The smallest absolute Gasteiger partial charge is 0.259 e. The summed E-state index contributed by atoms with van der Waals surface area (Å²) in [5.74, 6) is 2.38. The zero-order valence-electron chi connectivity index (χ0n) is 21.6. The molecule has 1 aliphatic heterocycles. The number of anilines is 2. The van der Waals surface area contributed by atoms with Gasteiger partial charge in [0, 0.05) is 50.0 Å². The van der Waals surface area contributed by atoms with Crippen molar-refractivity contribution >= 4 is 44.5 Å². The molecule has 4 heterocycles. The Bertz CT molecular complexity index is 1250. The molecule has 0 aromatic carbocycles. The number of hydrogen-bond acceptors (Lipinski definition) is 10. The first kappa shape index (κ1) is 26.4. The second-order valence-corrected chi connectivity index (χ2v) is 10.6. The highest BCUT2D eigenvalue weighted by Gasteiger charge is 2.25. The van der Waals surface area contributed by atoms with E-state index in [1.54, 1.807) is 32.7 Å². The number of nitrogens with one attached hydrogen (secondary N) is 1. The summed E-state index contributed by atoms with van der Waals surface area (Å²) in [5.41, 5.74) is 0.866. The molecule has 0 atom stereocenters. The molecule has 1 saturated carbocycles. The second kappa shape index (κ2) is 12.1. The van der Waals surface area contributed by atoms with Crippen molar-refractivity contribution in [3.05, 3.63) is 35.2 Å². The van der Waals surface area contributed by atoms with E-state index in [0.717, 1.165) is 60.0 Å². The minimum atomic E-state index is -0.119. The number of rotatable bonds is 8. The highest BCUT2D eigenvalue weighted by Crippen LogP contribution is 2.32. The van der Waals surface area contributed by atoms with Crippen LogP contribution < -0.4 is 19.7 Å². The molecule has 1 saturated heterocycles. The summed E-state index contributed by atoms with van der Waals surface area (Å²) in [7, 11) is 3.37. The quantitative estimate of drug-likeness (QED) is 0.422. The van der Waals surface area contributed by atoms with E-state index in [1.807, 2.05) is 12.1 Å². The van der Waals surface area contributed by atoms with Crippen molar-refractivity contribution in [1.29, 1.82) is 0 Å². The molecule has 1 N–H and O–H groups in total. The zero-order chi connectivity index (χ0) is 26.5. The van der Waals surface area contributed by atoms with Crippen molar-refractivity contribution < 1.29 is 19.0 Å². The maximum atomic E-state index is 11.7. The summed E-state index contributed by atoms with van der Waals surface area (Å²) in [6, 6.07) is 4.29. The monoisotopic (exact) mass is 585 g/mol.